The molecule has 1 aliphatic heterocycles. The van der Waals surface area contributed by atoms with Crippen LogP contribution in [0.5, 0.6) is 0 Å². The molecular formula is C6H13N3O2. The van der Waals surface area contributed by atoms with Gasteiger partial charge >= 0.3 is 0 Å². The molecule has 0 fully saturated rings. The van der Waals surface area contributed by atoms with Crippen molar-refractivity contribution in [3.05, 3.63) is 11.9 Å². The summed E-state index contributed by atoms with van der Waals surface area (Å²) in [5.41, 5.74) is 5.46. The highest BCUT2D eigenvalue weighted by atomic mass is 16.3. The Labute approximate surface area is 65.3 Å². The number of hydrogen-bond donors (Lipinski definition) is 3. The smallest absolute Gasteiger partial charge is 0.189 e. The highest BCUT2D eigenvalue weighted by molar-refractivity contribution is 5.03. The molecule has 0 radical (unpaired) electrons. The Balaban J connectivity index is 2.83. The number of nitrogens with zero attached hydrogens (tertiary/aromatic N) is 2. The topological polar surface area (TPSA) is 73.0 Å². The first-order valence-electron chi connectivity index (χ1n) is 3.32. The minimum Gasteiger partial charge on any atom is -0.385 e. The molecule has 2 unspecified atom stereocenters. The summed E-state index contributed by atoms with van der Waals surface area (Å²) in [7, 11) is 3.26. The van der Waals surface area contributed by atoms with Crippen LogP contribution in [0, 0.1) is 0 Å². The molecule has 0 aromatic carbocycles. The van der Waals surface area contributed by atoms with Gasteiger partial charge in [0.25, 0.3) is 0 Å². The lowest BCUT2D eigenvalue weighted by Gasteiger charge is -2.38. The van der Waals surface area contributed by atoms with Gasteiger partial charge < -0.3 is 20.8 Å². The van der Waals surface area contributed by atoms with Gasteiger partial charge in [-0.2, -0.15) is 0 Å². The summed E-state index contributed by atoms with van der Waals surface area (Å²) in [6.07, 6.45) is -0.191. The van der Waals surface area contributed by atoms with Crippen LogP contribution in [-0.4, -0.2) is 46.7 Å². The zero-order valence-electron chi connectivity index (χ0n) is 6.60. The number of aliphatic hydroxyl groups is 2. The van der Waals surface area contributed by atoms with Gasteiger partial charge in [-0.1, -0.05) is 0 Å². The monoisotopic (exact) mass is 159 g/mol. The van der Waals surface area contributed by atoms with Crippen LogP contribution in [-0.2, 0) is 0 Å². The maximum atomic E-state index is 9.36. The molecule has 2 atom stereocenters. The predicted octanol–water partition coefficient (Wildman–Crippen LogP) is -1.74. The minimum atomic E-state index is -0.852. The van der Waals surface area contributed by atoms with E-state index in [0.717, 1.165) is 0 Å². The first-order chi connectivity index (χ1) is 5.04. The van der Waals surface area contributed by atoms with Gasteiger partial charge in [0.15, 0.2) is 6.35 Å². The van der Waals surface area contributed by atoms with Gasteiger partial charge in [0, 0.05) is 7.05 Å². The van der Waals surface area contributed by atoms with E-state index in [1.807, 2.05) is 0 Å². The lowest BCUT2D eigenvalue weighted by molar-refractivity contribution is -0.140. The van der Waals surface area contributed by atoms with Gasteiger partial charge in [0.2, 0.25) is 0 Å². The summed E-state index contributed by atoms with van der Waals surface area (Å²) in [6.45, 7) is 0. The van der Waals surface area contributed by atoms with Crippen molar-refractivity contribution in [2.24, 2.45) is 5.73 Å². The summed E-state index contributed by atoms with van der Waals surface area (Å²) in [5, 5.41) is 18.6. The van der Waals surface area contributed by atoms with E-state index in [4.69, 9.17) is 5.73 Å². The maximum absolute atomic E-state index is 9.36. The normalized spacial score (nSPS) is 33.8. The lowest BCUT2D eigenvalue weighted by Crippen LogP contribution is -2.53. The summed E-state index contributed by atoms with van der Waals surface area (Å²) in [5.74, 6) is 0.378. The SMILES string of the molecule is CN1C(N)=CC(O)N(C)C1O. The van der Waals surface area contributed by atoms with E-state index in [9.17, 15) is 10.2 Å². The molecule has 5 heteroatoms. The third-order valence-electron chi connectivity index (χ3n) is 1.86. The molecule has 0 aromatic rings. The first kappa shape index (κ1) is 8.32. The number of aliphatic hydroxyl groups excluding tert-OH is 2. The minimum absolute atomic E-state index is 0.378. The van der Waals surface area contributed by atoms with Crippen molar-refractivity contribution < 1.29 is 10.2 Å². The van der Waals surface area contributed by atoms with Crippen LogP contribution < -0.4 is 5.73 Å². The zero-order chi connectivity index (χ0) is 8.59. The third-order valence-corrected chi connectivity index (χ3v) is 1.86. The predicted molar refractivity (Wildman–Crippen MR) is 39.8 cm³/mol. The molecule has 11 heavy (non-hydrogen) atoms. The quantitative estimate of drug-likeness (QED) is 0.391. The average Bonchev–Trinajstić information content (AvgIpc) is 1.97. The first-order valence-corrected chi connectivity index (χ1v) is 3.32. The number of rotatable bonds is 0. The number of likely N-dealkylation sites (N-methyl/N-ethyl adjacent to an activating group) is 1. The third kappa shape index (κ3) is 1.30. The summed E-state index contributed by atoms with van der Waals surface area (Å²) in [6, 6.07) is 0. The number of nitrogens with two attached hydrogens (primary N) is 1. The van der Waals surface area contributed by atoms with Crippen LogP contribution >= 0.6 is 0 Å². The molecule has 4 N–H and O–H groups in total. The second-order valence-electron chi connectivity index (χ2n) is 2.63. The van der Waals surface area contributed by atoms with Crippen molar-refractivity contribution in [1.82, 2.24) is 9.80 Å². The van der Waals surface area contributed by atoms with E-state index in [0.29, 0.717) is 5.82 Å². The van der Waals surface area contributed by atoms with Crippen LogP contribution in [0.15, 0.2) is 11.9 Å². The van der Waals surface area contributed by atoms with Crippen molar-refractivity contribution in [2.75, 3.05) is 14.1 Å². The Morgan fingerprint density at radius 1 is 1.45 bits per heavy atom. The fourth-order valence-corrected chi connectivity index (χ4v) is 0.931. The molecular weight excluding hydrogens is 146 g/mol. The molecule has 0 aromatic heterocycles. The van der Waals surface area contributed by atoms with Crippen molar-refractivity contribution >= 4 is 0 Å². The van der Waals surface area contributed by atoms with Crippen molar-refractivity contribution in [3.63, 3.8) is 0 Å². The molecule has 0 saturated carbocycles. The van der Waals surface area contributed by atoms with E-state index in [1.165, 1.54) is 15.9 Å². The summed E-state index contributed by atoms with van der Waals surface area (Å²) in [4.78, 5) is 2.85. The largest absolute Gasteiger partial charge is 0.385 e. The van der Waals surface area contributed by atoms with Crippen LogP contribution in [0.3, 0.4) is 0 Å². The van der Waals surface area contributed by atoms with E-state index in [2.05, 4.69) is 0 Å². The molecule has 1 aliphatic rings. The Morgan fingerprint density at radius 2 is 2.00 bits per heavy atom. The van der Waals surface area contributed by atoms with Gasteiger partial charge in [0.05, 0.1) is 0 Å². The van der Waals surface area contributed by atoms with Gasteiger partial charge in [-0.05, 0) is 13.1 Å². The van der Waals surface area contributed by atoms with Crippen LogP contribution in [0.1, 0.15) is 0 Å². The van der Waals surface area contributed by atoms with Crippen LogP contribution in [0.2, 0.25) is 0 Å². The fourth-order valence-electron chi connectivity index (χ4n) is 0.931. The van der Waals surface area contributed by atoms with Crippen LogP contribution in [0.25, 0.3) is 0 Å². The fraction of sp³-hybridized carbons (Fsp3) is 0.667. The average molecular weight is 159 g/mol. The molecule has 0 amide bonds. The molecule has 0 saturated heterocycles. The second kappa shape index (κ2) is 2.69. The van der Waals surface area contributed by atoms with E-state index in [1.54, 1.807) is 14.1 Å². The van der Waals surface area contributed by atoms with Crippen molar-refractivity contribution in [1.29, 1.82) is 0 Å². The van der Waals surface area contributed by atoms with Crippen LogP contribution in [0.4, 0.5) is 0 Å². The van der Waals surface area contributed by atoms with E-state index < -0.39 is 12.6 Å². The molecule has 0 spiro atoms. The molecule has 0 aliphatic carbocycles. The maximum Gasteiger partial charge on any atom is 0.189 e. The highest BCUT2D eigenvalue weighted by Crippen LogP contribution is 2.13. The van der Waals surface area contributed by atoms with Gasteiger partial charge in [0.1, 0.15) is 12.0 Å². The molecule has 1 rings (SSSR count). The molecule has 1 heterocycles. The highest BCUT2D eigenvalue weighted by Gasteiger charge is 2.26. The summed E-state index contributed by atoms with van der Waals surface area (Å²) >= 11 is 0. The van der Waals surface area contributed by atoms with E-state index >= 15 is 0 Å². The van der Waals surface area contributed by atoms with Gasteiger partial charge in [-0.15, -0.1) is 0 Å². The van der Waals surface area contributed by atoms with Gasteiger partial charge in [-0.25, -0.2) is 4.90 Å². The Hall–Kier alpha value is -0.780. The second-order valence-corrected chi connectivity index (χ2v) is 2.63. The van der Waals surface area contributed by atoms with Gasteiger partial charge in [-0.3, -0.25) is 0 Å². The zero-order valence-corrected chi connectivity index (χ0v) is 6.60. The molecule has 0 bridgehead atoms. The van der Waals surface area contributed by atoms with Crippen molar-refractivity contribution in [3.8, 4) is 0 Å². The Morgan fingerprint density at radius 3 is 2.55 bits per heavy atom. The van der Waals surface area contributed by atoms with Crippen molar-refractivity contribution in [2.45, 2.75) is 12.6 Å². The standard InChI is InChI=1S/C6H13N3O2/c1-8-4(7)3-5(10)9(2)6(8)11/h3,5-6,10-11H,7H2,1-2H3. The molecule has 5 nitrogen and oxygen atoms in total. The lowest BCUT2D eigenvalue weighted by atomic mass is 10.3. The molecule has 64 valence electrons. The Kier molecular flexibility index (Phi) is 2.03. The summed E-state index contributed by atoms with van der Waals surface area (Å²) < 4.78 is 0. The Bertz CT molecular complexity index is 183. The van der Waals surface area contributed by atoms with E-state index in [-0.39, 0.29) is 0 Å². The number of hydrogen-bond acceptors (Lipinski definition) is 5.